The number of nitrogens with zero attached hydrogens (tertiary/aromatic N) is 1. The standard InChI is InChI=1S/C9H13NO5S/c1-5(14-4-11)7-8(13)10(9(7)16-3)15-6(2)12/h4-5,7,9H,1-3H3/t5-,7-,9+/m0/s1. The first-order valence-electron chi connectivity index (χ1n) is 4.66. The average Bonchev–Trinajstić information content (AvgIpc) is 2.21. The molecule has 3 atom stereocenters. The predicted octanol–water partition coefficient (Wildman–Crippen LogP) is 0.173. The molecule has 0 aliphatic carbocycles. The van der Waals surface area contributed by atoms with Crippen LogP contribution in [0.25, 0.3) is 0 Å². The molecule has 0 aromatic heterocycles. The zero-order valence-electron chi connectivity index (χ0n) is 9.21. The summed E-state index contributed by atoms with van der Waals surface area (Å²) in [5.74, 6) is -1.35. The molecular weight excluding hydrogens is 234 g/mol. The van der Waals surface area contributed by atoms with Gasteiger partial charge in [-0.3, -0.25) is 14.4 Å². The van der Waals surface area contributed by atoms with E-state index in [9.17, 15) is 14.4 Å². The highest BCUT2D eigenvalue weighted by atomic mass is 32.2. The summed E-state index contributed by atoms with van der Waals surface area (Å²) in [6, 6.07) is 0. The molecule has 0 N–H and O–H groups in total. The van der Waals surface area contributed by atoms with E-state index in [1.807, 2.05) is 0 Å². The van der Waals surface area contributed by atoms with Gasteiger partial charge < -0.3 is 9.57 Å². The third kappa shape index (κ3) is 2.29. The van der Waals surface area contributed by atoms with Crippen molar-refractivity contribution in [1.29, 1.82) is 0 Å². The molecule has 0 aromatic carbocycles. The lowest BCUT2D eigenvalue weighted by molar-refractivity contribution is -0.231. The van der Waals surface area contributed by atoms with E-state index in [2.05, 4.69) is 0 Å². The minimum absolute atomic E-state index is 0.300. The van der Waals surface area contributed by atoms with Crippen molar-refractivity contribution >= 4 is 30.1 Å². The van der Waals surface area contributed by atoms with Crippen LogP contribution in [0.5, 0.6) is 0 Å². The Labute approximate surface area is 97.2 Å². The Bertz CT molecular complexity index is 308. The van der Waals surface area contributed by atoms with E-state index < -0.39 is 18.0 Å². The molecule has 0 spiro atoms. The van der Waals surface area contributed by atoms with Gasteiger partial charge in [-0.25, -0.2) is 0 Å². The maximum Gasteiger partial charge on any atom is 0.329 e. The van der Waals surface area contributed by atoms with Crippen LogP contribution in [-0.2, 0) is 24.0 Å². The second-order valence-corrected chi connectivity index (χ2v) is 4.29. The Morgan fingerprint density at radius 3 is 2.69 bits per heavy atom. The lowest BCUT2D eigenvalue weighted by Crippen LogP contribution is -2.63. The molecule has 1 fully saturated rings. The number of hydrogen-bond donors (Lipinski definition) is 0. The molecular formula is C9H13NO5S. The van der Waals surface area contributed by atoms with Crippen LogP contribution >= 0.6 is 11.8 Å². The highest BCUT2D eigenvalue weighted by Crippen LogP contribution is 2.37. The van der Waals surface area contributed by atoms with Crippen LogP contribution in [0.15, 0.2) is 0 Å². The smallest absolute Gasteiger partial charge is 0.329 e. The lowest BCUT2D eigenvalue weighted by Gasteiger charge is -2.44. The molecule has 90 valence electrons. The fourth-order valence-electron chi connectivity index (χ4n) is 1.54. The van der Waals surface area contributed by atoms with Crippen LogP contribution in [0.4, 0.5) is 0 Å². The normalized spacial score (nSPS) is 25.7. The van der Waals surface area contributed by atoms with Gasteiger partial charge in [-0.2, -0.15) is 5.06 Å². The van der Waals surface area contributed by atoms with Crippen LogP contribution in [0.3, 0.4) is 0 Å². The molecule has 1 rings (SSSR count). The van der Waals surface area contributed by atoms with E-state index in [4.69, 9.17) is 9.57 Å². The molecule has 1 aliphatic heterocycles. The van der Waals surface area contributed by atoms with Crippen molar-refractivity contribution < 1.29 is 24.0 Å². The molecule has 1 amide bonds. The largest absolute Gasteiger partial charge is 0.464 e. The Kier molecular flexibility index (Phi) is 4.17. The van der Waals surface area contributed by atoms with Gasteiger partial charge >= 0.3 is 5.97 Å². The Morgan fingerprint density at radius 1 is 1.62 bits per heavy atom. The second kappa shape index (κ2) is 5.20. The number of hydroxylamine groups is 2. The summed E-state index contributed by atoms with van der Waals surface area (Å²) in [7, 11) is 0. The van der Waals surface area contributed by atoms with E-state index in [1.165, 1.54) is 18.7 Å². The summed E-state index contributed by atoms with van der Waals surface area (Å²) in [6.07, 6.45) is 1.27. The first-order chi connectivity index (χ1) is 7.52. The quantitative estimate of drug-likeness (QED) is 0.509. The monoisotopic (exact) mass is 247 g/mol. The summed E-state index contributed by atoms with van der Waals surface area (Å²) in [4.78, 5) is 37.3. The molecule has 1 heterocycles. The van der Waals surface area contributed by atoms with Crippen molar-refractivity contribution in [1.82, 2.24) is 5.06 Å². The number of rotatable bonds is 5. The number of carbonyl (C=O) groups is 3. The van der Waals surface area contributed by atoms with Crippen molar-refractivity contribution in [2.24, 2.45) is 5.92 Å². The van der Waals surface area contributed by atoms with Crippen molar-refractivity contribution in [3.05, 3.63) is 0 Å². The van der Waals surface area contributed by atoms with E-state index in [1.54, 1.807) is 13.2 Å². The van der Waals surface area contributed by atoms with Gasteiger partial charge in [0.05, 0.1) is 0 Å². The number of amides is 1. The summed E-state index contributed by atoms with van der Waals surface area (Å²) in [6.45, 7) is 3.17. The van der Waals surface area contributed by atoms with Gasteiger partial charge in [0, 0.05) is 6.92 Å². The minimum Gasteiger partial charge on any atom is -0.464 e. The summed E-state index contributed by atoms with van der Waals surface area (Å²) in [5, 5.41) is 0.717. The summed E-state index contributed by atoms with van der Waals surface area (Å²) < 4.78 is 4.72. The second-order valence-electron chi connectivity index (χ2n) is 3.34. The van der Waals surface area contributed by atoms with Gasteiger partial charge in [-0.15, -0.1) is 11.8 Å². The van der Waals surface area contributed by atoms with Crippen LogP contribution in [0.1, 0.15) is 13.8 Å². The van der Waals surface area contributed by atoms with Crippen molar-refractivity contribution in [3.63, 3.8) is 0 Å². The topological polar surface area (TPSA) is 72.9 Å². The van der Waals surface area contributed by atoms with Crippen molar-refractivity contribution in [2.75, 3.05) is 6.26 Å². The Balaban J connectivity index is 2.66. The van der Waals surface area contributed by atoms with Crippen molar-refractivity contribution in [3.8, 4) is 0 Å². The number of ether oxygens (including phenoxy) is 1. The van der Waals surface area contributed by atoms with E-state index in [0.717, 1.165) is 5.06 Å². The lowest BCUT2D eigenvalue weighted by atomic mass is 9.95. The van der Waals surface area contributed by atoms with E-state index >= 15 is 0 Å². The predicted molar refractivity (Wildman–Crippen MR) is 56.0 cm³/mol. The third-order valence-electron chi connectivity index (χ3n) is 2.29. The molecule has 7 heteroatoms. The SMILES string of the molecule is CS[C@@H]1[C@@H]([C@H](C)OC=O)C(=O)N1OC(C)=O. The molecule has 0 unspecified atom stereocenters. The highest BCUT2D eigenvalue weighted by molar-refractivity contribution is 7.99. The fraction of sp³-hybridized carbons (Fsp3) is 0.667. The van der Waals surface area contributed by atoms with Crippen LogP contribution < -0.4 is 0 Å². The molecule has 0 radical (unpaired) electrons. The van der Waals surface area contributed by atoms with Gasteiger partial charge in [0.15, 0.2) is 0 Å². The first-order valence-corrected chi connectivity index (χ1v) is 5.95. The van der Waals surface area contributed by atoms with E-state index in [0.29, 0.717) is 6.47 Å². The molecule has 16 heavy (non-hydrogen) atoms. The van der Waals surface area contributed by atoms with Gasteiger partial charge in [0.1, 0.15) is 17.4 Å². The molecule has 6 nitrogen and oxygen atoms in total. The molecule has 0 saturated carbocycles. The number of β-lactam (4-membered cyclic amide) rings is 1. The molecule has 1 saturated heterocycles. The Hall–Kier alpha value is -1.24. The number of carbonyl (C=O) groups excluding carboxylic acids is 3. The van der Waals surface area contributed by atoms with Crippen LogP contribution in [-0.4, -0.2) is 41.1 Å². The van der Waals surface area contributed by atoms with Crippen LogP contribution in [0.2, 0.25) is 0 Å². The van der Waals surface area contributed by atoms with Crippen molar-refractivity contribution in [2.45, 2.75) is 25.3 Å². The molecule has 1 aliphatic rings. The third-order valence-corrected chi connectivity index (χ3v) is 3.25. The minimum atomic E-state index is -0.546. The summed E-state index contributed by atoms with van der Waals surface area (Å²) >= 11 is 1.36. The maximum atomic E-state index is 11.6. The number of thioether (sulfide) groups is 1. The zero-order valence-corrected chi connectivity index (χ0v) is 10.0. The van der Waals surface area contributed by atoms with Crippen LogP contribution in [0, 0.1) is 5.92 Å². The highest BCUT2D eigenvalue weighted by Gasteiger charge is 2.53. The first kappa shape index (κ1) is 12.8. The van der Waals surface area contributed by atoms with Gasteiger partial charge in [-0.1, -0.05) is 0 Å². The fourth-order valence-corrected chi connectivity index (χ4v) is 2.51. The van der Waals surface area contributed by atoms with Gasteiger partial charge in [-0.05, 0) is 13.2 Å². The van der Waals surface area contributed by atoms with Gasteiger partial charge in [0.2, 0.25) is 0 Å². The van der Waals surface area contributed by atoms with E-state index in [-0.39, 0.29) is 11.3 Å². The molecule has 0 aromatic rings. The number of hydrogen-bond acceptors (Lipinski definition) is 6. The average molecular weight is 247 g/mol. The molecule has 0 bridgehead atoms. The zero-order chi connectivity index (χ0) is 12.3. The van der Waals surface area contributed by atoms with Gasteiger partial charge in [0.25, 0.3) is 12.4 Å². The maximum absolute atomic E-state index is 11.6. The Morgan fingerprint density at radius 2 is 2.25 bits per heavy atom. The summed E-state index contributed by atoms with van der Waals surface area (Å²) in [5.41, 5.74) is 0.